The highest BCUT2D eigenvalue weighted by Gasteiger charge is 2.13. The lowest BCUT2D eigenvalue weighted by Crippen LogP contribution is -2.30. The molecule has 0 spiro atoms. The monoisotopic (exact) mass is 385 g/mol. The summed E-state index contributed by atoms with van der Waals surface area (Å²) in [5, 5.41) is 7.10. The van der Waals surface area contributed by atoms with E-state index in [1.807, 2.05) is 18.2 Å². The number of benzene rings is 2. The lowest BCUT2D eigenvalue weighted by atomic mass is 10.1. The van der Waals surface area contributed by atoms with Crippen LogP contribution in [0.25, 0.3) is 0 Å². The van der Waals surface area contributed by atoms with Gasteiger partial charge in [0, 0.05) is 30.5 Å². The van der Waals surface area contributed by atoms with Gasteiger partial charge in [-0.05, 0) is 61.8 Å². The molecule has 27 heavy (non-hydrogen) atoms. The van der Waals surface area contributed by atoms with Gasteiger partial charge in [-0.25, -0.2) is 0 Å². The summed E-state index contributed by atoms with van der Waals surface area (Å²) >= 11 is 5.46. The van der Waals surface area contributed by atoms with Gasteiger partial charge in [0.25, 0.3) is 0 Å². The van der Waals surface area contributed by atoms with Crippen LogP contribution in [-0.2, 0) is 0 Å². The first-order chi connectivity index (χ1) is 13.1. The summed E-state index contributed by atoms with van der Waals surface area (Å²) < 4.78 is 10.6. The second-order valence-corrected chi connectivity index (χ2v) is 7.08. The minimum Gasteiger partial charge on any atom is -0.493 e. The number of nitrogens with zero attached hydrogens (tertiary/aromatic N) is 1. The zero-order valence-corrected chi connectivity index (χ0v) is 16.9. The SMILES string of the molecule is COc1ccc(NC(=S)N[C@H](C)c2ccc(N3CCCC3)cc2)cc1OC. The summed E-state index contributed by atoms with van der Waals surface area (Å²) in [5.41, 5.74) is 3.35. The minimum atomic E-state index is 0.109. The predicted molar refractivity (Wildman–Crippen MR) is 115 cm³/mol. The van der Waals surface area contributed by atoms with Crippen LogP contribution in [0.5, 0.6) is 11.5 Å². The Balaban J connectivity index is 1.58. The molecular weight excluding hydrogens is 358 g/mol. The fourth-order valence-electron chi connectivity index (χ4n) is 3.31. The number of nitrogens with one attached hydrogen (secondary N) is 2. The van der Waals surface area contributed by atoms with Crippen LogP contribution in [0.3, 0.4) is 0 Å². The Bertz CT molecular complexity index is 773. The molecule has 0 bridgehead atoms. The average molecular weight is 386 g/mol. The summed E-state index contributed by atoms with van der Waals surface area (Å²) in [7, 11) is 3.24. The van der Waals surface area contributed by atoms with Crippen molar-refractivity contribution in [3.8, 4) is 11.5 Å². The Morgan fingerprint density at radius 1 is 1.00 bits per heavy atom. The van der Waals surface area contributed by atoms with E-state index in [0.717, 1.165) is 18.8 Å². The molecule has 0 unspecified atom stereocenters. The zero-order valence-electron chi connectivity index (χ0n) is 16.1. The van der Waals surface area contributed by atoms with Crippen molar-refractivity contribution in [1.82, 2.24) is 5.32 Å². The molecule has 0 aliphatic carbocycles. The van der Waals surface area contributed by atoms with E-state index in [1.165, 1.54) is 24.1 Å². The maximum absolute atomic E-state index is 5.46. The van der Waals surface area contributed by atoms with Crippen molar-refractivity contribution in [2.24, 2.45) is 0 Å². The lowest BCUT2D eigenvalue weighted by Gasteiger charge is -2.21. The third kappa shape index (κ3) is 4.83. The Hall–Kier alpha value is -2.47. The van der Waals surface area contributed by atoms with Crippen LogP contribution in [0.15, 0.2) is 42.5 Å². The zero-order chi connectivity index (χ0) is 19.2. The van der Waals surface area contributed by atoms with Crippen molar-refractivity contribution in [2.75, 3.05) is 37.5 Å². The molecule has 1 atom stereocenters. The molecule has 1 saturated heterocycles. The molecule has 1 heterocycles. The Kier molecular flexibility index (Phi) is 6.40. The second-order valence-electron chi connectivity index (χ2n) is 6.68. The molecule has 0 amide bonds. The molecule has 1 aliphatic rings. The van der Waals surface area contributed by atoms with Gasteiger partial charge in [-0.15, -0.1) is 0 Å². The molecule has 5 nitrogen and oxygen atoms in total. The first-order valence-electron chi connectivity index (χ1n) is 9.25. The van der Waals surface area contributed by atoms with Crippen molar-refractivity contribution in [2.45, 2.75) is 25.8 Å². The van der Waals surface area contributed by atoms with E-state index in [1.54, 1.807) is 14.2 Å². The van der Waals surface area contributed by atoms with Crippen molar-refractivity contribution < 1.29 is 9.47 Å². The minimum absolute atomic E-state index is 0.109. The van der Waals surface area contributed by atoms with Crippen molar-refractivity contribution >= 4 is 28.7 Å². The van der Waals surface area contributed by atoms with Crippen molar-refractivity contribution in [3.05, 3.63) is 48.0 Å². The van der Waals surface area contributed by atoms with Crippen molar-refractivity contribution in [3.63, 3.8) is 0 Å². The predicted octanol–water partition coefficient (Wildman–Crippen LogP) is 4.35. The molecule has 2 aromatic carbocycles. The molecule has 144 valence electrons. The number of anilines is 2. The maximum atomic E-state index is 5.46. The molecule has 2 N–H and O–H groups in total. The number of methoxy groups -OCH3 is 2. The number of hydrogen-bond donors (Lipinski definition) is 2. The number of thiocarbonyl (C=S) groups is 1. The van der Waals surface area contributed by atoms with Gasteiger partial charge in [0.2, 0.25) is 0 Å². The molecule has 0 aromatic heterocycles. The summed E-state index contributed by atoms with van der Waals surface area (Å²) in [5.74, 6) is 1.35. The van der Waals surface area contributed by atoms with Crippen LogP contribution in [0, 0.1) is 0 Å². The molecule has 1 aliphatic heterocycles. The van der Waals surface area contributed by atoms with Gasteiger partial charge in [-0.3, -0.25) is 0 Å². The van der Waals surface area contributed by atoms with Crippen LogP contribution in [-0.4, -0.2) is 32.4 Å². The van der Waals surface area contributed by atoms with E-state index in [-0.39, 0.29) is 6.04 Å². The fraction of sp³-hybridized carbons (Fsp3) is 0.381. The van der Waals surface area contributed by atoms with E-state index in [0.29, 0.717) is 16.6 Å². The van der Waals surface area contributed by atoms with Gasteiger partial charge in [0.15, 0.2) is 16.6 Å². The molecule has 1 fully saturated rings. The Morgan fingerprint density at radius 2 is 1.67 bits per heavy atom. The molecule has 3 rings (SSSR count). The quantitative estimate of drug-likeness (QED) is 0.721. The topological polar surface area (TPSA) is 45.8 Å². The van der Waals surface area contributed by atoms with E-state index in [4.69, 9.17) is 21.7 Å². The van der Waals surface area contributed by atoms with E-state index >= 15 is 0 Å². The molecule has 2 aromatic rings. The first kappa shape index (κ1) is 19.3. The van der Waals surface area contributed by atoms with Crippen LogP contribution in [0.4, 0.5) is 11.4 Å². The highest BCUT2D eigenvalue weighted by molar-refractivity contribution is 7.80. The normalized spacial score (nSPS) is 14.6. The third-order valence-electron chi connectivity index (χ3n) is 4.85. The second kappa shape index (κ2) is 8.95. The van der Waals surface area contributed by atoms with Crippen LogP contribution in [0.1, 0.15) is 31.4 Å². The largest absolute Gasteiger partial charge is 0.493 e. The molecule has 0 saturated carbocycles. The number of hydrogen-bond acceptors (Lipinski definition) is 4. The van der Waals surface area contributed by atoms with E-state index in [2.05, 4.69) is 46.7 Å². The Labute approximate surface area is 166 Å². The standard InChI is InChI=1S/C21H27N3O2S/c1-15(16-6-9-18(10-7-16)24-12-4-5-13-24)22-21(27)23-17-8-11-19(25-2)20(14-17)26-3/h6-11,14-15H,4-5,12-13H2,1-3H3,(H2,22,23,27)/t15-/m1/s1. The third-order valence-corrected chi connectivity index (χ3v) is 5.07. The number of rotatable bonds is 6. The van der Waals surface area contributed by atoms with Gasteiger partial charge < -0.3 is 25.0 Å². The highest BCUT2D eigenvalue weighted by Crippen LogP contribution is 2.29. The average Bonchev–Trinajstić information content (AvgIpc) is 3.22. The van der Waals surface area contributed by atoms with Gasteiger partial charge in [0.1, 0.15) is 0 Å². The molecule has 6 heteroatoms. The summed E-state index contributed by atoms with van der Waals surface area (Å²) in [4.78, 5) is 2.44. The van der Waals surface area contributed by atoms with Gasteiger partial charge >= 0.3 is 0 Å². The summed E-state index contributed by atoms with van der Waals surface area (Å²) in [6.45, 7) is 4.42. The summed E-state index contributed by atoms with van der Waals surface area (Å²) in [6, 6.07) is 14.5. The van der Waals surface area contributed by atoms with E-state index in [9.17, 15) is 0 Å². The summed E-state index contributed by atoms with van der Waals surface area (Å²) in [6.07, 6.45) is 2.57. The smallest absolute Gasteiger partial charge is 0.171 e. The van der Waals surface area contributed by atoms with Crippen LogP contribution < -0.4 is 25.0 Å². The van der Waals surface area contributed by atoms with Gasteiger partial charge in [0.05, 0.1) is 20.3 Å². The Morgan fingerprint density at radius 3 is 2.30 bits per heavy atom. The molecular formula is C21H27N3O2S. The maximum Gasteiger partial charge on any atom is 0.171 e. The highest BCUT2D eigenvalue weighted by atomic mass is 32.1. The van der Waals surface area contributed by atoms with Crippen LogP contribution in [0.2, 0.25) is 0 Å². The molecule has 0 radical (unpaired) electrons. The van der Waals surface area contributed by atoms with Gasteiger partial charge in [-0.2, -0.15) is 0 Å². The lowest BCUT2D eigenvalue weighted by molar-refractivity contribution is 0.355. The van der Waals surface area contributed by atoms with Crippen LogP contribution >= 0.6 is 12.2 Å². The number of ether oxygens (including phenoxy) is 2. The first-order valence-corrected chi connectivity index (χ1v) is 9.66. The van der Waals surface area contributed by atoms with Crippen molar-refractivity contribution in [1.29, 1.82) is 0 Å². The fourth-order valence-corrected chi connectivity index (χ4v) is 3.60. The van der Waals surface area contributed by atoms with Gasteiger partial charge in [-0.1, -0.05) is 12.1 Å². The van der Waals surface area contributed by atoms with E-state index < -0.39 is 0 Å².